The van der Waals surface area contributed by atoms with Crippen LogP contribution in [0.3, 0.4) is 0 Å². The molecule has 2 fully saturated rings. The number of rotatable bonds is 8. The van der Waals surface area contributed by atoms with Crippen molar-refractivity contribution in [2.24, 2.45) is 11.8 Å². The molecule has 0 bridgehead atoms. The number of hydrogen-bond donors (Lipinski definition) is 2. The van der Waals surface area contributed by atoms with Gasteiger partial charge in [-0.2, -0.15) is 0 Å². The van der Waals surface area contributed by atoms with Crippen LogP contribution in [-0.4, -0.2) is 53.0 Å². The SMILES string of the molecule is Fc1ccc([C@@H]2CCNC[C@H]2COc2ccc3c(c2)OCO3)cc1.Fc1ccc([C@@H]2CCNC[C@H]2COc2ccc3c(c2)OCO3)cc1. The Morgan fingerprint density at radius 3 is 1.40 bits per heavy atom. The molecule has 2 N–H and O–H groups in total. The molecule has 0 saturated carbocycles. The van der Waals surface area contributed by atoms with Gasteiger partial charge in [0.05, 0.1) is 13.2 Å². The maximum absolute atomic E-state index is 13.2. The molecule has 4 heterocycles. The van der Waals surface area contributed by atoms with Crippen molar-refractivity contribution in [3.63, 3.8) is 0 Å². The Bertz CT molecular complexity index is 1530. The topological polar surface area (TPSA) is 79.4 Å². The summed E-state index contributed by atoms with van der Waals surface area (Å²) in [5.74, 6) is 5.57. The molecule has 2 saturated heterocycles. The van der Waals surface area contributed by atoms with Gasteiger partial charge in [-0.1, -0.05) is 24.3 Å². The molecule has 8 rings (SSSR count). The van der Waals surface area contributed by atoms with Crippen LogP contribution in [0, 0.1) is 23.5 Å². The summed E-state index contributed by atoms with van der Waals surface area (Å²) in [7, 11) is 0. The van der Waals surface area contributed by atoms with Crippen LogP contribution >= 0.6 is 0 Å². The van der Waals surface area contributed by atoms with E-state index in [9.17, 15) is 8.78 Å². The zero-order valence-corrected chi connectivity index (χ0v) is 26.7. The number of piperidine rings is 2. The molecule has 0 aromatic heterocycles. The predicted molar refractivity (Wildman–Crippen MR) is 176 cm³/mol. The fraction of sp³-hybridized carbons (Fsp3) is 0.368. The molecule has 4 atom stereocenters. The Kier molecular flexibility index (Phi) is 10.1. The van der Waals surface area contributed by atoms with Gasteiger partial charge in [0.1, 0.15) is 23.1 Å². The molecular weight excluding hydrogens is 618 g/mol. The fourth-order valence-electron chi connectivity index (χ4n) is 6.83. The summed E-state index contributed by atoms with van der Waals surface area (Å²) in [4.78, 5) is 0. The maximum atomic E-state index is 13.2. The van der Waals surface area contributed by atoms with E-state index in [1.54, 1.807) is 0 Å². The van der Waals surface area contributed by atoms with Crippen LogP contribution in [0.2, 0.25) is 0 Å². The quantitative estimate of drug-likeness (QED) is 0.218. The van der Waals surface area contributed by atoms with Gasteiger partial charge in [0.15, 0.2) is 23.0 Å². The van der Waals surface area contributed by atoms with Gasteiger partial charge in [0.2, 0.25) is 13.6 Å². The molecule has 0 radical (unpaired) electrons. The molecule has 48 heavy (non-hydrogen) atoms. The summed E-state index contributed by atoms with van der Waals surface area (Å²) in [5, 5.41) is 6.85. The second kappa shape index (κ2) is 15.1. The van der Waals surface area contributed by atoms with Crippen molar-refractivity contribution in [2.45, 2.75) is 24.7 Å². The van der Waals surface area contributed by atoms with Crippen molar-refractivity contribution in [1.82, 2.24) is 10.6 Å². The Morgan fingerprint density at radius 1 is 0.542 bits per heavy atom. The van der Waals surface area contributed by atoms with E-state index < -0.39 is 0 Å². The molecule has 10 heteroatoms. The standard InChI is InChI=1S/2C19H20FNO3/c2*20-15-3-1-13(2-4-15)17-7-8-21-10-14(17)11-22-16-5-6-18-19(9-16)24-12-23-18/h2*1-6,9,14,17,21H,7-8,10-12H2/t2*14-,17-/m00/s1. The molecule has 4 aromatic rings. The molecule has 4 aromatic carbocycles. The minimum Gasteiger partial charge on any atom is -0.493 e. The summed E-state index contributed by atoms with van der Waals surface area (Å²) in [6.45, 7) is 5.48. The number of benzene rings is 4. The maximum Gasteiger partial charge on any atom is 0.231 e. The lowest BCUT2D eigenvalue weighted by atomic mass is 9.81. The van der Waals surface area contributed by atoms with Gasteiger partial charge in [-0.05, 0) is 97.4 Å². The number of hydrogen-bond acceptors (Lipinski definition) is 8. The molecular formula is C38H40F2N2O6. The Balaban J connectivity index is 0.000000152. The van der Waals surface area contributed by atoms with Crippen LogP contribution in [0.4, 0.5) is 8.78 Å². The lowest BCUT2D eigenvalue weighted by molar-refractivity contribution is 0.173. The molecule has 4 aliphatic rings. The third kappa shape index (κ3) is 7.77. The minimum atomic E-state index is -0.194. The van der Waals surface area contributed by atoms with Gasteiger partial charge in [-0.3, -0.25) is 0 Å². The molecule has 4 aliphatic heterocycles. The first-order valence-corrected chi connectivity index (χ1v) is 16.6. The van der Waals surface area contributed by atoms with E-state index in [0.717, 1.165) is 73.5 Å². The van der Waals surface area contributed by atoms with E-state index in [2.05, 4.69) is 10.6 Å². The van der Waals surface area contributed by atoms with Crippen molar-refractivity contribution in [1.29, 1.82) is 0 Å². The number of fused-ring (bicyclic) bond motifs is 2. The fourth-order valence-corrected chi connectivity index (χ4v) is 6.83. The van der Waals surface area contributed by atoms with Gasteiger partial charge in [0.25, 0.3) is 0 Å². The van der Waals surface area contributed by atoms with Crippen molar-refractivity contribution >= 4 is 0 Å². The van der Waals surface area contributed by atoms with Crippen LogP contribution in [-0.2, 0) is 0 Å². The van der Waals surface area contributed by atoms with Crippen molar-refractivity contribution in [2.75, 3.05) is 53.0 Å². The molecule has 0 unspecified atom stereocenters. The van der Waals surface area contributed by atoms with Crippen LogP contribution in [0.1, 0.15) is 35.8 Å². The van der Waals surface area contributed by atoms with Gasteiger partial charge < -0.3 is 39.1 Å². The summed E-state index contributed by atoms with van der Waals surface area (Å²) in [6, 6.07) is 25.0. The first-order chi connectivity index (χ1) is 23.6. The van der Waals surface area contributed by atoms with E-state index in [1.165, 1.54) is 35.4 Å². The Hall–Kier alpha value is -4.54. The van der Waals surface area contributed by atoms with Gasteiger partial charge >= 0.3 is 0 Å². The molecule has 8 nitrogen and oxygen atoms in total. The third-order valence-electron chi connectivity index (χ3n) is 9.43. The van der Waals surface area contributed by atoms with E-state index in [-0.39, 0.29) is 25.2 Å². The lowest BCUT2D eigenvalue weighted by Crippen LogP contribution is -2.38. The monoisotopic (exact) mass is 658 g/mol. The summed E-state index contributed by atoms with van der Waals surface area (Å²) < 4.78 is 59.7. The van der Waals surface area contributed by atoms with Crippen LogP contribution < -0.4 is 39.1 Å². The first-order valence-electron chi connectivity index (χ1n) is 16.6. The Morgan fingerprint density at radius 2 is 0.958 bits per heavy atom. The second-order valence-electron chi connectivity index (χ2n) is 12.5. The Labute approximate surface area is 279 Å². The van der Waals surface area contributed by atoms with E-state index in [0.29, 0.717) is 36.9 Å². The highest BCUT2D eigenvalue weighted by Gasteiger charge is 2.28. The largest absolute Gasteiger partial charge is 0.493 e. The average molecular weight is 659 g/mol. The highest BCUT2D eigenvalue weighted by atomic mass is 19.1. The predicted octanol–water partition coefficient (Wildman–Crippen LogP) is 6.65. The van der Waals surface area contributed by atoms with Crippen molar-refractivity contribution in [3.8, 4) is 34.5 Å². The number of ether oxygens (including phenoxy) is 6. The molecule has 252 valence electrons. The van der Waals surface area contributed by atoms with E-state index in [4.69, 9.17) is 28.4 Å². The van der Waals surface area contributed by atoms with Crippen molar-refractivity contribution in [3.05, 3.63) is 108 Å². The van der Waals surface area contributed by atoms with Crippen LogP contribution in [0.25, 0.3) is 0 Å². The van der Waals surface area contributed by atoms with E-state index >= 15 is 0 Å². The lowest BCUT2D eigenvalue weighted by Gasteiger charge is -2.32. The van der Waals surface area contributed by atoms with Gasteiger partial charge in [0, 0.05) is 37.1 Å². The molecule has 0 aliphatic carbocycles. The summed E-state index contributed by atoms with van der Waals surface area (Å²) in [6.07, 6.45) is 2.06. The van der Waals surface area contributed by atoms with Gasteiger partial charge in [-0.15, -0.1) is 0 Å². The van der Waals surface area contributed by atoms with Crippen LogP contribution in [0.5, 0.6) is 34.5 Å². The van der Waals surface area contributed by atoms with Gasteiger partial charge in [-0.25, -0.2) is 8.78 Å². The van der Waals surface area contributed by atoms with E-state index in [1.807, 2.05) is 60.7 Å². The zero-order chi connectivity index (χ0) is 32.7. The van der Waals surface area contributed by atoms with Crippen LogP contribution in [0.15, 0.2) is 84.9 Å². The summed E-state index contributed by atoms with van der Waals surface area (Å²) in [5.41, 5.74) is 2.36. The highest BCUT2D eigenvalue weighted by molar-refractivity contribution is 5.47. The zero-order valence-electron chi connectivity index (χ0n) is 26.7. The molecule has 0 spiro atoms. The second-order valence-corrected chi connectivity index (χ2v) is 12.5. The summed E-state index contributed by atoms with van der Waals surface area (Å²) >= 11 is 0. The van der Waals surface area contributed by atoms with Crippen molar-refractivity contribution < 1.29 is 37.2 Å². The molecule has 0 amide bonds. The number of halogens is 2. The minimum absolute atomic E-state index is 0.194. The third-order valence-corrected chi connectivity index (χ3v) is 9.43. The smallest absolute Gasteiger partial charge is 0.231 e. The highest BCUT2D eigenvalue weighted by Crippen LogP contribution is 2.38. The normalized spacial score (nSPS) is 22.4. The number of nitrogens with one attached hydrogen (secondary N) is 2. The average Bonchev–Trinajstić information content (AvgIpc) is 3.80. The first kappa shape index (κ1) is 32.0.